The molecule has 1 aromatic rings. The molecule has 0 atom stereocenters. The summed E-state index contributed by atoms with van der Waals surface area (Å²) in [6.45, 7) is 1.87. The summed E-state index contributed by atoms with van der Waals surface area (Å²) in [7, 11) is 1.78. The number of ether oxygens (including phenoxy) is 1. The largest absolute Gasteiger partial charge is 0.483 e. The maximum Gasteiger partial charge on any atom is 0.328 e. The van der Waals surface area contributed by atoms with E-state index in [2.05, 4.69) is 0 Å². The molecule has 0 aromatic heterocycles. The number of carboxylic acids is 1. The highest BCUT2D eigenvalue weighted by Gasteiger charge is 2.29. The van der Waals surface area contributed by atoms with Crippen LogP contribution in [-0.4, -0.2) is 41.6 Å². The van der Waals surface area contributed by atoms with Crippen LogP contribution in [0.15, 0.2) is 24.3 Å². The van der Waals surface area contributed by atoms with E-state index in [4.69, 9.17) is 9.84 Å². The second-order valence-electron chi connectivity index (χ2n) is 5.24. The van der Waals surface area contributed by atoms with Gasteiger partial charge in [0.15, 0.2) is 6.61 Å². The van der Waals surface area contributed by atoms with Crippen molar-refractivity contribution < 1.29 is 19.4 Å². The van der Waals surface area contributed by atoms with E-state index in [9.17, 15) is 9.59 Å². The lowest BCUT2D eigenvalue weighted by atomic mass is 10.1. The number of amides is 1. The Bertz CT molecular complexity index is 576. The first-order chi connectivity index (χ1) is 9.97. The Hall–Kier alpha value is -2.30. The fraction of sp³-hybridized carbons (Fsp3) is 0.375. The molecule has 1 aliphatic rings. The SMILES string of the molecule is Cc1ccc(OCC(=O)N(C)C2CC2)c(C=CC(=O)O)c1. The Morgan fingerprint density at radius 1 is 1.43 bits per heavy atom. The van der Waals surface area contributed by atoms with Gasteiger partial charge in [-0.05, 0) is 38.0 Å². The number of carboxylic acid groups (broad SMARTS) is 1. The van der Waals surface area contributed by atoms with Gasteiger partial charge < -0.3 is 14.7 Å². The molecule has 1 amide bonds. The van der Waals surface area contributed by atoms with Crippen molar-refractivity contribution in [1.82, 2.24) is 4.90 Å². The standard InChI is InChI=1S/C16H19NO4/c1-11-3-7-14(12(9-11)4-8-16(19)20)21-10-15(18)17(2)13-5-6-13/h3-4,7-9,13H,5-6,10H2,1-2H3,(H,19,20). The van der Waals surface area contributed by atoms with Crippen molar-refractivity contribution in [2.75, 3.05) is 13.7 Å². The molecule has 1 aliphatic carbocycles. The lowest BCUT2D eigenvalue weighted by Crippen LogP contribution is -2.33. The summed E-state index contributed by atoms with van der Waals surface area (Å²) in [5.74, 6) is -0.575. The Morgan fingerprint density at radius 3 is 2.76 bits per heavy atom. The van der Waals surface area contributed by atoms with Crippen LogP contribution in [0.5, 0.6) is 5.75 Å². The predicted molar refractivity (Wildman–Crippen MR) is 79.1 cm³/mol. The maximum atomic E-state index is 11.9. The van der Waals surface area contributed by atoms with Crippen molar-refractivity contribution in [3.8, 4) is 5.75 Å². The highest BCUT2D eigenvalue weighted by Crippen LogP contribution is 2.26. The lowest BCUT2D eigenvalue weighted by Gasteiger charge is -2.17. The van der Waals surface area contributed by atoms with Gasteiger partial charge in [0, 0.05) is 24.7 Å². The van der Waals surface area contributed by atoms with Crippen molar-refractivity contribution >= 4 is 18.0 Å². The van der Waals surface area contributed by atoms with Gasteiger partial charge in [0.25, 0.3) is 5.91 Å². The van der Waals surface area contributed by atoms with Crippen LogP contribution in [0.1, 0.15) is 24.0 Å². The smallest absolute Gasteiger partial charge is 0.328 e. The number of carbonyl (C=O) groups is 2. The third-order valence-electron chi connectivity index (χ3n) is 3.41. The summed E-state index contributed by atoms with van der Waals surface area (Å²) in [5.41, 5.74) is 1.65. The fourth-order valence-corrected chi connectivity index (χ4v) is 2.00. The number of carbonyl (C=O) groups excluding carboxylic acids is 1. The lowest BCUT2D eigenvalue weighted by molar-refractivity contribution is -0.133. The second kappa shape index (κ2) is 6.43. The van der Waals surface area contributed by atoms with Crippen LogP contribution < -0.4 is 4.74 Å². The third kappa shape index (κ3) is 4.34. The second-order valence-corrected chi connectivity index (χ2v) is 5.24. The number of benzene rings is 1. The van der Waals surface area contributed by atoms with Crippen molar-refractivity contribution in [2.24, 2.45) is 0 Å². The quantitative estimate of drug-likeness (QED) is 0.814. The molecule has 112 valence electrons. The minimum atomic E-state index is -1.02. The maximum absolute atomic E-state index is 11.9. The van der Waals surface area contributed by atoms with Gasteiger partial charge in [0.1, 0.15) is 5.75 Å². The summed E-state index contributed by atoms with van der Waals surface area (Å²) in [4.78, 5) is 24.3. The van der Waals surface area contributed by atoms with Crippen molar-refractivity contribution in [3.05, 3.63) is 35.4 Å². The molecule has 21 heavy (non-hydrogen) atoms. The molecule has 5 heteroatoms. The number of hydrogen-bond acceptors (Lipinski definition) is 3. The molecule has 0 unspecified atom stereocenters. The highest BCUT2D eigenvalue weighted by molar-refractivity contribution is 5.86. The first-order valence-corrected chi connectivity index (χ1v) is 6.87. The summed E-state index contributed by atoms with van der Waals surface area (Å²) in [6, 6.07) is 5.79. The molecule has 1 saturated carbocycles. The highest BCUT2D eigenvalue weighted by atomic mass is 16.5. The molecular weight excluding hydrogens is 270 g/mol. The molecule has 0 aliphatic heterocycles. The van der Waals surface area contributed by atoms with Crippen LogP contribution in [0.4, 0.5) is 0 Å². The van der Waals surface area contributed by atoms with E-state index in [1.54, 1.807) is 18.0 Å². The topological polar surface area (TPSA) is 66.8 Å². The number of nitrogens with zero attached hydrogens (tertiary/aromatic N) is 1. The number of rotatable bonds is 6. The monoisotopic (exact) mass is 289 g/mol. The molecule has 1 aromatic carbocycles. The number of aliphatic carboxylic acids is 1. The van der Waals surface area contributed by atoms with Crippen molar-refractivity contribution in [3.63, 3.8) is 0 Å². The van der Waals surface area contributed by atoms with E-state index in [0.717, 1.165) is 24.5 Å². The molecule has 0 spiro atoms. The summed E-state index contributed by atoms with van der Waals surface area (Å²) in [5, 5.41) is 8.71. The zero-order valence-electron chi connectivity index (χ0n) is 12.2. The molecule has 1 N–H and O–H groups in total. The van der Waals surface area contributed by atoms with E-state index in [1.807, 2.05) is 19.1 Å². The number of aryl methyl sites for hydroxylation is 1. The Morgan fingerprint density at radius 2 is 2.14 bits per heavy atom. The minimum Gasteiger partial charge on any atom is -0.483 e. The van der Waals surface area contributed by atoms with Gasteiger partial charge in [0.05, 0.1) is 0 Å². The number of likely N-dealkylation sites (N-methyl/N-ethyl adjacent to an activating group) is 1. The van der Waals surface area contributed by atoms with Crippen LogP contribution in [0.3, 0.4) is 0 Å². The third-order valence-corrected chi connectivity index (χ3v) is 3.41. The summed E-state index contributed by atoms with van der Waals surface area (Å²) in [6.07, 6.45) is 4.64. The molecule has 0 radical (unpaired) electrons. The molecule has 0 saturated heterocycles. The van der Waals surface area contributed by atoms with Gasteiger partial charge in [-0.2, -0.15) is 0 Å². The molecule has 0 bridgehead atoms. The van der Waals surface area contributed by atoms with E-state index >= 15 is 0 Å². The van der Waals surface area contributed by atoms with E-state index in [-0.39, 0.29) is 12.5 Å². The average Bonchev–Trinajstić information content (AvgIpc) is 3.27. The Balaban J connectivity index is 2.04. The fourth-order valence-electron chi connectivity index (χ4n) is 2.00. The zero-order valence-corrected chi connectivity index (χ0v) is 12.2. The zero-order chi connectivity index (χ0) is 15.4. The van der Waals surface area contributed by atoms with Crippen LogP contribution in [0, 0.1) is 6.92 Å². The Kier molecular flexibility index (Phi) is 4.62. The van der Waals surface area contributed by atoms with Crippen LogP contribution in [-0.2, 0) is 9.59 Å². The number of hydrogen-bond donors (Lipinski definition) is 1. The molecule has 2 rings (SSSR count). The van der Waals surface area contributed by atoms with Crippen LogP contribution >= 0.6 is 0 Å². The van der Waals surface area contributed by atoms with Crippen LogP contribution in [0.25, 0.3) is 6.08 Å². The molecule has 1 fully saturated rings. The summed E-state index contributed by atoms with van der Waals surface area (Å²) < 4.78 is 5.55. The van der Waals surface area contributed by atoms with Crippen molar-refractivity contribution in [1.29, 1.82) is 0 Å². The normalized spacial score (nSPS) is 14.2. The van der Waals surface area contributed by atoms with Crippen LogP contribution in [0.2, 0.25) is 0 Å². The molecule has 5 nitrogen and oxygen atoms in total. The van der Waals surface area contributed by atoms with Gasteiger partial charge >= 0.3 is 5.97 Å². The Labute approximate surface area is 123 Å². The van der Waals surface area contributed by atoms with Gasteiger partial charge in [-0.25, -0.2) is 4.79 Å². The molecular formula is C16H19NO4. The summed E-state index contributed by atoms with van der Waals surface area (Å²) >= 11 is 0. The predicted octanol–water partition coefficient (Wildman–Crippen LogP) is 2.09. The van der Waals surface area contributed by atoms with E-state index in [1.165, 1.54) is 6.08 Å². The van der Waals surface area contributed by atoms with Gasteiger partial charge in [-0.15, -0.1) is 0 Å². The van der Waals surface area contributed by atoms with Gasteiger partial charge in [-0.1, -0.05) is 11.6 Å². The molecule has 0 heterocycles. The van der Waals surface area contributed by atoms with Gasteiger partial charge in [-0.3, -0.25) is 4.79 Å². The average molecular weight is 289 g/mol. The van der Waals surface area contributed by atoms with Gasteiger partial charge in [0.2, 0.25) is 0 Å². The van der Waals surface area contributed by atoms with Crippen molar-refractivity contribution in [2.45, 2.75) is 25.8 Å². The minimum absolute atomic E-state index is 0.0377. The van der Waals surface area contributed by atoms with E-state index in [0.29, 0.717) is 17.4 Å². The van der Waals surface area contributed by atoms with E-state index < -0.39 is 5.97 Å². The first-order valence-electron chi connectivity index (χ1n) is 6.87. The first kappa shape index (κ1) is 15.1.